The first-order valence-electron chi connectivity index (χ1n) is 5.28. The number of allylic oxidation sites excluding steroid dienone is 4. The van der Waals surface area contributed by atoms with Crippen molar-refractivity contribution < 1.29 is 4.74 Å². The molecule has 0 spiro atoms. The number of hydrogen-bond donors (Lipinski definition) is 1. The molecule has 3 nitrogen and oxygen atoms in total. The standard InChI is InChI=1S/C12H20N2O/c1-4-12(6-5-11(2)15-3)14-9-7-13-8-10-14/h4-6,13H,1,7-10H2,2-3H3/b11-5+,12-6+. The van der Waals surface area contributed by atoms with Crippen LogP contribution in [0.5, 0.6) is 0 Å². The summed E-state index contributed by atoms with van der Waals surface area (Å²) in [7, 11) is 1.68. The molecule has 0 radical (unpaired) electrons. The van der Waals surface area contributed by atoms with Gasteiger partial charge in [0, 0.05) is 31.9 Å². The molecular weight excluding hydrogens is 188 g/mol. The highest BCUT2D eigenvalue weighted by atomic mass is 16.5. The zero-order valence-electron chi connectivity index (χ0n) is 9.62. The van der Waals surface area contributed by atoms with E-state index in [9.17, 15) is 0 Å². The second-order valence-electron chi connectivity index (χ2n) is 3.51. The van der Waals surface area contributed by atoms with Crippen molar-refractivity contribution in [3.63, 3.8) is 0 Å². The molecule has 15 heavy (non-hydrogen) atoms. The largest absolute Gasteiger partial charge is 0.501 e. The number of nitrogens with zero attached hydrogens (tertiary/aromatic N) is 1. The number of methoxy groups -OCH3 is 1. The maximum atomic E-state index is 5.08. The van der Waals surface area contributed by atoms with Crippen molar-refractivity contribution in [2.24, 2.45) is 0 Å². The second-order valence-corrected chi connectivity index (χ2v) is 3.51. The lowest BCUT2D eigenvalue weighted by Gasteiger charge is -2.30. The summed E-state index contributed by atoms with van der Waals surface area (Å²) in [4.78, 5) is 2.32. The van der Waals surface area contributed by atoms with Gasteiger partial charge in [-0.2, -0.15) is 0 Å². The molecule has 1 aliphatic rings. The quantitative estimate of drug-likeness (QED) is 0.560. The zero-order valence-corrected chi connectivity index (χ0v) is 9.62. The molecule has 0 unspecified atom stereocenters. The van der Waals surface area contributed by atoms with E-state index in [4.69, 9.17) is 4.74 Å². The first-order valence-corrected chi connectivity index (χ1v) is 5.28. The highest BCUT2D eigenvalue weighted by molar-refractivity contribution is 5.22. The molecule has 1 rings (SSSR count). The number of ether oxygens (including phenoxy) is 1. The average Bonchev–Trinajstić information content (AvgIpc) is 2.31. The van der Waals surface area contributed by atoms with Crippen molar-refractivity contribution in [1.29, 1.82) is 0 Å². The summed E-state index contributed by atoms with van der Waals surface area (Å²) < 4.78 is 5.08. The lowest BCUT2D eigenvalue weighted by molar-refractivity contribution is 0.292. The van der Waals surface area contributed by atoms with Gasteiger partial charge in [0.15, 0.2) is 0 Å². The third-order valence-electron chi connectivity index (χ3n) is 2.50. The van der Waals surface area contributed by atoms with Crippen LogP contribution in [0.1, 0.15) is 6.92 Å². The van der Waals surface area contributed by atoms with Crippen molar-refractivity contribution in [1.82, 2.24) is 10.2 Å². The lowest BCUT2D eigenvalue weighted by atomic mass is 10.2. The fourth-order valence-electron chi connectivity index (χ4n) is 1.50. The van der Waals surface area contributed by atoms with Gasteiger partial charge in [0.1, 0.15) is 0 Å². The predicted octanol–water partition coefficient (Wildman–Crippen LogP) is 1.51. The van der Waals surface area contributed by atoms with Gasteiger partial charge >= 0.3 is 0 Å². The van der Waals surface area contributed by atoms with Crippen LogP contribution in [-0.4, -0.2) is 38.2 Å². The Labute approximate surface area is 92.1 Å². The molecule has 1 aliphatic heterocycles. The Bertz CT molecular complexity index is 263. The Balaban J connectivity index is 2.64. The van der Waals surface area contributed by atoms with Crippen LogP contribution in [-0.2, 0) is 4.74 Å². The fraction of sp³-hybridized carbons (Fsp3) is 0.500. The third-order valence-corrected chi connectivity index (χ3v) is 2.50. The molecular formula is C12H20N2O. The minimum absolute atomic E-state index is 0.907. The molecule has 0 bridgehead atoms. The van der Waals surface area contributed by atoms with Gasteiger partial charge < -0.3 is 15.0 Å². The van der Waals surface area contributed by atoms with Crippen molar-refractivity contribution in [2.75, 3.05) is 33.3 Å². The summed E-state index contributed by atoms with van der Waals surface area (Å²) in [6, 6.07) is 0. The fourth-order valence-corrected chi connectivity index (χ4v) is 1.50. The van der Waals surface area contributed by atoms with Crippen molar-refractivity contribution >= 4 is 0 Å². The Kier molecular flexibility index (Phi) is 4.98. The van der Waals surface area contributed by atoms with Gasteiger partial charge in [-0.3, -0.25) is 0 Å². The molecule has 1 saturated heterocycles. The average molecular weight is 208 g/mol. The molecule has 0 aromatic carbocycles. The van der Waals surface area contributed by atoms with E-state index in [0.717, 1.165) is 37.6 Å². The van der Waals surface area contributed by atoms with Crippen LogP contribution in [0.25, 0.3) is 0 Å². The van der Waals surface area contributed by atoms with Crippen LogP contribution in [0.3, 0.4) is 0 Å². The summed E-state index contributed by atoms with van der Waals surface area (Å²) in [5, 5.41) is 3.33. The van der Waals surface area contributed by atoms with Crippen LogP contribution in [0.2, 0.25) is 0 Å². The van der Waals surface area contributed by atoms with E-state index in [0.29, 0.717) is 0 Å². The molecule has 0 aliphatic carbocycles. The minimum Gasteiger partial charge on any atom is -0.501 e. The summed E-state index contributed by atoms with van der Waals surface area (Å²) in [6.45, 7) is 9.94. The zero-order chi connectivity index (χ0) is 11.1. The Hall–Kier alpha value is -1.22. The van der Waals surface area contributed by atoms with E-state index < -0.39 is 0 Å². The Morgan fingerprint density at radius 1 is 1.33 bits per heavy atom. The first kappa shape index (κ1) is 11.9. The monoisotopic (exact) mass is 208 g/mol. The number of piperazine rings is 1. The van der Waals surface area contributed by atoms with Gasteiger partial charge in [0.05, 0.1) is 12.9 Å². The normalized spacial score (nSPS) is 18.9. The van der Waals surface area contributed by atoms with E-state index in [1.165, 1.54) is 0 Å². The molecule has 1 heterocycles. The summed E-state index contributed by atoms with van der Waals surface area (Å²) in [5.41, 5.74) is 1.16. The first-order chi connectivity index (χ1) is 7.27. The second kappa shape index (κ2) is 6.30. The Morgan fingerprint density at radius 2 is 2.00 bits per heavy atom. The van der Waals surface area contributed by atoms with E-state index in [1.54, 1.807) is 7.11 Å². The molecule has 1 fully saturated rings. The summed E-state index contributed by atoms with van der Waals surface area (Å²) in [6.07, 6.45) is 5.92. The highest BCUT2D eigenvalue weighted by Crippen LogP contribution is 2.08. The van der Waals surface area contributed by atoms with Gasteiger partial charge in [-0.1, -0.05) is 6.58 Å². The van der Waals surface area contributed by atoms with E-state index >= 15 is 0 Å². The van der Waals surface area contributed by atoms with Crippen molar-refractivity contribution in [3.8, 4) is 0 Å². The van der Waals surface area contributed by atoms with Crippen LogP contribution in [0, 0.1) is 0 Å². The molecule has 0 amide bonds. The van der Waals surface area contributed by atoms with Gasteiger partial charge in [-0.05, 0) is 25.2 Å². The maximum Gasteiger partial charge on any atom is 0.0925 e. The SMILES string of the molecule is C=C/C(=C\C=C(/C)OC)N1CCNCC1. The van der Waals surface area contributed by atoms with E-state index in [2.05, 4.69) is 22.9 Å². The number of rotatable bonds is 4. The number of hydrogen-bond acceptors (Lipinski definition) is 3. The van der Waals surface area contributed by atoms with Crippen molar-refractivity contribution in [3.05, 3.63) is 36.3 Å². The van der Waals surface area contributed by atoms with Gasteiger partial charge in [0.25, 0.3) is 0 Å². The third kappa shape index (κ3) is 3.80. The predicted molar refractivity (Wildman–Crippen MR) is 63.5 cm³/mol. The van der Waals surface area contributed by atoms with E-state index in [1.807, 2.05) is 19.1 Å². The summed E-state index contributed by atoms with van der Waals surface area (Å²) in [5.74, 6) is 0.907. The van der Waals surface area contributed by atoms with Gasteiger partial charge in [-0.25, -0.2) is 0 Å². The van der Waals surface area contributed by atoms with Crippen molar-refractivity contribution in [2.45, 2.75) is 6.92 Å². The van der Waals surface area contributed by atoms with Crippen LogP contribution in [0.4, 0.5) is 0 Å². The molecule has 1 N–H and O–H groups in total. The van der Waals surface area contributed by atoms with Crippen LogP contribution >= 0.6 is 0 Å². The summed E-state index contributed by atoms with van der Waals surface area (Å²) >= 11 is 0. The molecule has 0 aromatic rings. The minimum atomic E-state index is 0.907. The topological polar surface area (TPSA) is 24.5 Å². The molecule has 0 atom stereocenters. The molecule has 0 aromatic heterocycles. The maximum absolute atomic E-state index is 5.08. The Morgan fingerprint density at radius 3 is 2.53 bits per heavy atom. The molecule has 3 heteroatoms. The molecule has 84 valence electrons. The van der Waals surface area contributed by atoms with Gasteiger partial charge in [-0.15, -0.1) is 0 Å². The molecule has 0 saturated carbocycles. The van der Waals surface area contributed by atoms with Crippen LogP contribution in [0.15, 0.2) is 36.3 Å². The van der Waals surface area contributed by atoms with E-state index in [-0.39, 0.29) is 0 Å². The number of nitrogens with one attached hydrogen (secondary N) is 1. The highest BCUT2D eigenvalue weighted by Gasteiger charge is 2.09. The lowest BCUT2D eigenvalue weighted by Crippen LogP contribution is -2.42. The van der Waals surface area contributed by atoms with Crippen LogP contribution < -0.4 is 5.32 Å². The van der Waals surface area contributed by atoms with Gasteiger partial charge in [0.2, 0.25) is 0 Å². The smallest absolute Gasteiger partial charge is 0.0925 e.